The van der Waals surface area contributed by atoms with Crippen LogP contribution in [0.5, 0.6) is 5.88 Å². The number of benzene rings is 1. The topological polar surface area (TPSA) is 115 Å². The van der Waals surface area contributed by atoms with Crippen LogP contribution in [0.15, 0.2) is 24.3 Å². The minimum Gasteiger partial charge on any atom is -0.480 e. The van der Waals surface area contributed by atoms with Gasteiger partial charge in [0.15, 0.2) is 5.82 Å². The maximum atomic E-state index is 13.0. The summed E-state index contributed by atoms with van der Waals surface area (Å²) in [6.45, 7) is 5.22. The lowest BCUT2D eigenvalue weighted by Crippen LogP contribution is -2.41. The number of amides is 2. The first-order chi connectivity index (χ1) is 16.5. The van der Waals surface area contributed by atoms with Gasteiger partial charge in [0.2, 0.25) is 11.8 Å². The van der Waals surface area contributed by atoms with E-state index in [0.717, 1.165) is 24.0 Å². The minimum atomic E-state index is -0.250. The van der Waals surface area contributed by atoms with E-state index in [1.54, 1.807) is 31.4 Å². The van der Waals surface area contributed by atoms with E-state index in [1.807, 2.05) is 6.92 Å². The van der Waals surface area contributed by atoms with Crippen LogP contribution in [0, 0.1) is 6.92 Å². The Bertz CT molecular complexity index is 1170. The first-order valence-corrected chi connectivity index (χ1v) is 11.6. The SMILES string of the molecule is COCc1nc(OC)c2c(C)c(C(=O)Nc3ccc(NC(=O)CN4CCOCC4)cc3)sc2n1. The highest BCUT2D eigenvalue weighted by Crippen LogP contribution is 2.35. The Kier molecular flexibility index (Phi) is 7.68. The van der Waals surface area contributed by atoms with Gasteiger partial charge in [-0.1, -0.05) is 0 Å². The normalized spacial score (nSPS) is 14.2. The number of fused-ring (bicyclic) bond motifs is 1. The van der Waals surface area contributed by atoms with Gasteiger partial charge in [-0.2, -0.15) is 4.98 Å². The number of aromatic nitrogens is 2. The Morgan fingerprint density at radius 2 is 1.76 bits per heavy atom. The molecule has 34 heavy (non-hydrogen) atoms. The van der Waals surface area contributed by atoms with Gasteiger partial charge in [-0.15, -0.1) is 11.3 Å². The highest BCUT2D eigenvalue weighted by atomic mass is 32.1. The number of methoxy groups -OCH3 is 2. The molecule has 1 fully saturated rings. The first kappa shape index (κ1) is 24.0. The fourth-order valence-corrected chi connectivity index (χ4v) is 4.78. The molecule has 0 spiro atoms. The molecule has 0 aliphatic carbocycles. The number of thiophene rings is 1. The maximum absolute atomic E-state index is 13.0. The molecule has 1 aliphatic rings. The monoisotopic (exact) mass is 485 g/mol. The van der Waals surface area contributed by atoms with Crippen LogP contribution < -0.4 is 15.4 Å². The molecule has 0 atom stereocenters. The minimum absolute atomic E-state index is 0.0810. The quantitative estimate of drug-likeness (QED) is 0.501. The highest BCUT2D eigenvalue weighted by molar-refractivity contribution is 7.20. The summed E-state index contributed by atoms with van der Waals surface area (Å²) in [6.07, 6.45) is 0. The number of carbonyl (C=O) groups is 2. The third-order valence-corrected chi connectivity index (χ3v) is 6.56. The second-order valence-corrected chi connectivity index (χ2v) is 8.79. The number of morpholine rings is 1. The summed E-state index contributed by atoms with van der Waals surface area (Å²) in [5.74, 6) is 0.579. The van der Waals surface area contributed by atoms with Crippen molar-refractivity contribution < 1.29 is 23.8 Å². The van der Waals surface area contributed by atoms with E-state index < -0.39 is 0 Å². The number of hydrogen-bond donors (Lipinski definition) is 2. The highest BCUT2D eigenvalue weighted by Gasteiger charge is 2.21. The molecule has 0 radical (unpaired) electrons. The largest absolute Gasteiger partial charge is 0.480 e. The summed E-state index contributed by atoms with van der Waals surface area (Å²) in [5, 5.41) is 6.51. The van der Waals surface area contributed by atoms with Crippen LogP contribution in [0.2, 0.25) is 0 Å². The van der Waals surface area contributed by atoms with E-state index in [0.29, 0.717) is 52.5 Å². The molecular weight excluding hydrogens is 458 g/mol. The third-order valence-electron chi connectivity index (χ3n) is 5.37. The van der Waals surface area contributed by atoms with Gasteiger partial charge >= 0.3 is 0 Å². The Balaban J connectivity index is 1.43. The zero-order chi connectivity index (χ0) is 24.1. The molecule has 0 saturated carbocycles. The second kappa shape index (κ2) is 10.9. The number of carbonyl (C=O) groups excluding carboxylic acids is 2. The maximum Gasteiger partial charge on any atom is 0.266 e. The third kappa shape index (κ3) is 5.50. The van der Waals surface area contributed by atoms with E-state index in [9.17, 15) is 9.59 Å². The summed E-state index contributed by atoms with van der Waals surface area (Å²) in [7, 11) is 3.11. The van der Waals surface area contributed by atoms with Crippen LogP contribution in [0.4, 0.5) is 11.4 Å². The van der Waals surface area contributed by atoms with Crippen molar-refractivity contribution in [3.05, 3.63) is 40.5 Å². The molecule has 11 heteroatoms. The van der Waals surface area contributed by atoms with Crippen molar-refractivity contribution in [2.45, 2.75) is 13.5 Å². The second-order valence-electron chi connectivity index (χ2n) is 7.79. The lowest BCUT2D eigenvalue weighted by Gasteiger charge is -2.25. The van der Waals surface area contributed by atoms with Crippen LogP contribution in [-0.2, 0) is 20.9 Å². The van der Waals surface area contributed by atoms with Gasteiger partial charge in [-0.3, -0.25) is 14.5 Å². The molecule has 180 valence electrons. The van der Waals surface area contributed by atoms with Gasteiger partial charge in [-0.25, -0.2) is 4.98 Å². The van der Waals surface area contributed by atoms with Gasteiger partial charge < -0.3 is 24.8 Å². The molecule has 3 heterocycles. The van der Waals surface area contributed by atoms with Gasteiger partial charge in [0, 0.05) is 31.6 Å². The predicted octanol–water partition coefficient (Wildman–Crippen LogP) is 2.68. The number of ether oxygens (including phenoxy) is 3. The van der Waals surface area contributed by atoms with Crippen molar-refractivity contribution in [1.29, 1.82) is 0 Å². The van der Waals surface area contributed by atoms with Crippen LogP contribution in [0.25, 0.3) is 10.2 Å². The number of rotatable bonds is 8. The molecule has 10 nitrogen and oxygen atoms in total. The molecule has 4 rings (SSSR count). The molecule has 1 aliphatic heterocycles. The summed E-state index contributed by atoms with van der Waals surface area (Å²) >= 11 is 1.28. The van der Waals surface area contributed by atoms with Crippen molar-refractivity contribution in [3.63, 3.8) is 0 Å². The molecule has 2 amide bonds. The predicted molar refractivity (Wildman–Crippen MR) is 130 cm³/mol. The molecule has 3 aromatic rings. The summed E-state index contributed by atoms with van der Waals surface area (Å²) < 4.78 is 15.8. The van der Waals surface area contributed by atoms with Gasteiger partial charge in [0.05, 0.1) is 37.1 Å². The smallest absolute Gasteiger partial charge is 0.266 e. The molecule has 1 saturated heterocycles. The summed E-state index contributed by atoms with van der Waals surface area (Å²) in [6, 6.07) is 7.02. The molecule has 2 aromatic heterocycles. The van der Waals surface area contributed by atoms with Crippen LogP contribution >= 0.6 is 11.3 Å². The van der Waals surface area contributed by atoms with Gasteiger partial charge in [-0.05, 0) is 36.8 Å². The van der Waals surface area contributed by atoms with Gasteiger partial charge in [0.25, 0.3) is 5.91 Å². The molecule has 0 bridgehead atoms. The fourth-order valence-electron chi connectivity index (χ4n) is 3.69. The molecule has 1 aromatic carbocycles. The Morgan fingerprint density at radius 1 is 1.09 bits per heavy atom. The van der Waals surface area contributed by atoms with Crippen molar-refractivity contribution in [3.8, 4) is 5.88 Å². The average Bonchev–Trinajstić information content (AvgIpc) is 3.17. The number of nitrogens with zero attached hydrogens (tertiary/aromatic N) is 3. The number of anilines is 2. The molecule has 0 unspecified atom stereocenters. The average molecular weight is 486 g/mol. The van der Waals surface area contributed by atoms with E-state index in [-0.39, 0.29) is 18.4 Å². The Labute approximate surface area is 201 Å². The van der Waals surface area contributed by atoms with Crippen LogP contribution in [-0.4, -0.2) is 73.7 Å². The lowest BCUT2D eigenvalue weighted by atomic mass is 10.2. The lowest BCUT2D eigenvalue weighted by molar-refractivity contribution is -0.118. The fraction of sp³-hybridized carbons (Fsp3) is 0.391. The Hall–Kier alpha value is -3.12. The first-order valence-electron chi connectivity index (χ1n) is 10.8. The standard InChI is InChI=1S/C23H27N5O5S/c1-14-19-22(32-3)26-17(13-31-2)27-23(19)34-20(14)21(30)25-16-6-4-15(5-7-16)24-18(29)12-28-8-10-33-11-9-28/h4-7H,8-13H2,1-3H3,(H,24,29)(H,25,30). The number of hydrogen-bond acceptors (Lipinski definition) is 9. The summed E-state index contributed by atoms with van der Waals surface area (Å²) in [4.78, 5) is 37.4. The van der Waals surface area contributed by atoms with Crippen LogP contribution in [0.1, 0.15) is 21.1 Å². The van der Waals surface area contributed by atoms with Crippen molar-refractivity contribution in [1.82, 2.24) is 14.9 Å². The molecular formula is C23H27N5O5S. The zero-order valence-electron chi connectivity index (χ0n) is 19.3. The van der Waals surface area contributed by atoms with E-state index in [2.05, 4.69) is 25.5 Å². The van der Waals surface area contributed by atoms with Gasteiger partial charge in [0.1, 0.15) is 11.4 Å². The van der Waals surface area contributed by atoms with Crippen molar-refractivity contribution >= 4 is 44.7 Å². The van der Waals surface area contributed by atoms with Crippen LogP contribution in [0.3, 0.4) is 0 Å². The zero-order valence-corrected chi connectivity index (χ0v) is 20.2. The van der Waals surface area contributed by atoms with Crippen molar-refractivity contribution in [2.75, 3.05) is 57.7 Å². The van der Waals surface area contributed by atoms with E-state index >= 15 is 0 Å². The Morgan fingerprint density at radius 3 is 2.41 bits per heavy atom. The molecule has 2 N–H and O–H groups in total. The van der Waals surface area contributed by atoms with Crippen molar-refractivity contribution in [2.24, 2.45) is 0 Å². The summed E-state index contributed by atoms with van der Waals surface area (Å²) in [5.41, 5.74) is 2.04. The number of aryl methyl sites for hydroxylation is 1. The number of nitrogens with one attached hydrogen (secondary N) is 2. The van der Waals surface area contributed by atoms with E-state index in [1.165, 1.54) is 18.4 Å². The van der Waals surface area contributed by atoms with E-state index in [4.69, 9.17) is 14.2 Å².